The summed E-state index contributed by atoms with van der Waals surface area (Å²) in [6, 6.07) is 0. The average Bonchev–Trinajstić information content (AvgIpc) is 3.01. The molecule has 1 aromatic heterocycles. The number of nitrogens with one attached hydrogen (secondary N) is 2. The normalized spacial score (nSPS) is 26.1. The Morgan fingerprint density at radius 1 is 1.29 bits per heavy atom. The Bertz CT molecular complexity index is 683. The standard InChI is InChI=1S/C22H35ClN2O3/c1-7-8-16-10-13(4)9-14(5)19(16)28-22(27)18-17(12(2)3)11-24-20(18)25-21(26)15(6)23/h11-16,19,24H,7-10H2,1-6H3,(H,25,26). The summed E-state index contributed by atoms with van der Waals surface area (Å²) in [5.41, 5.74) is 1.26. The molecule has 2 rings (SSSR count). The van der Waals surface area contributed by atoms with Crippen molar-refractivity contribution < 1.29 is 14.3 Å². The number of aromatic amines is 1. The Kier molecular flexibility index (Phi) is 7.99. The fourth-order valence-corrected chi connectivity index (χ4v) is 4.52. The second-order valence-electron chi connectivity index (χ2n) is 8.73. The number of hydrogen-bond donors (Lipinski definition) is 2. The fraction of sp³-hybridized carbons (Fsp3) is 0.727. The SMILES string of the molecule is CCCC1CC(C)CC(C)C1OC(=O)c1c(C(C)C)c[nH]c1NC(=O)C(C)Cl. The number of rotatable bonds is 7. The van der Waals surface area contributed by atoms with E-state index in [0.717, 1.165) is 31.2 Å². The molecule has 1 aliphatic rings. The van der Waals surface area contributed by atoms with Gasteiger partial charge in [0.25, 0.3) is 0 Å². The van der Waals surface area contributed by atoms with Crippen molar-refractivity contribution in [3.8, 4) is 0 Å². The largest absolute Gasteiger partial charge is 0.458 e. The van der Waals surface area contributed by atoms with Gasteiger partial charge in [-0.1, -0.05) is 41.0 Å². The third-order valence-corrected chi connectivity index (χ3v) is 5.95. The van der Waals surface area contributed by atoms with Crippen LogP contribution >= 0.6 is 11.6 Å². The van der Waals surface area contributed by atoms with E-state index in [1.165, 1.54) is 0 Å². The number of ether oxygens (including phenoxy) is 1. The van der Waals surface area contributed by atoms with Gasteiger partial charge < -0.3 is 15.0 Å². The van der Waals surface area contributed by atoms with Gasteiger partial charge in [-0.3, -0.25) is 4.79 Å². The molecule has 0 saturated heterocycles. The summed E-state index contributed by atoms with van der Waals surface area (Å²) >= 11 is 5.88. The lowest BCUT2D eigenvalue weighted by atomic mass is 9.73. The first-order valence-corrected chi connectivity index (χ1v) is 11.0. The summed E-state index contributed by atoms with van der Waals surface area (Å²) in [4.78, 5) is 28.3. The molecule has 5 atom stereocenters. The fourth-order valence-electron chi connectivity index (χ4n) is 4.46. The molecule has 1 amide bonds. The van der Waals surface area contributed by atoms with Gasteiger partial charge in [0.1, 0.15) is 22.9 Å². The van der Waals surface area contributed by atoms with Crippen LogP contribution in [-0.4, -0.2) is 28.3 Å². The molecule has 2 N–H and O–H groups in total. The molecule has 5 nitrogen and oxygen atoms in total. The molecule has 0 spiro atoms. The van der Waals surface area contributed by atoms with Gasteiger partial charge in [0.15, 0.2) is 0 Å². The van der Waals surface area contributed by atoms with Crippen molar-refractivity contribution in [1.29, 1.82) is 0 Å². The van der Waals surface area contributed by atoms with Gasteiger partial charge in [-0.2, -0.15) is 0 Å². The van der Waals surface area contributed by atoms with E-state index in [-0.39, 0.29) is 23.9 Å². The molecule has 0 aromatic carbocycles. The molecule has 158 valence electrons. The highest BCUT2D eigenvalue weighted by atomic mass is 35.5. The van der Waals surface area contributed by atoms with Crippen molar-refractivity contribution >= 4 is 29.3 Å². The second kappa shape index (κ2) is 9.82. The predicted molar refractivity (Wildman–Crippen MR) is 114 cm³/mol. The maximum Gasteiger partial charge on any atom is 0.342 e. The minimum atomic E-state index is -0.691. The first kappa shape index (κ1) is 22.8. The number of hydrogen-bond acceptors (Lipinski definition) is 3. The third kappa shape index (κ3) is 5.31. The number of halogens is 1. The van der Waals surface area contributed by atoms with Crippen LogP contribution in [-0.2, 0) is 9.53 Å². The molecule has 6 heteroatoms. The van der Waals surface area contributed by atoms with Gasteiger partial charge in [0.05, 0.1) is 0 Å². The Balaban J connectivity index is 2.28. The van der Waals surface area contributed by atoms with Crippen LogP contribution in [0, 0.1) is 17.8 Å². The average molecular weight is 411 g/mol. The topological polar surface area (TPSA) is 71.2 Å². The highest BCUT2D eigenvalue weighted by Crippen LogP contribution is 2.38. The van der Waals surface area contributed by atoms with Crippen molar-refractivity contribution in [2.24, 2.45) is 17.8 Å². The van der Waals surface area contributed by atoms with Gasteiger partial charge in [0, 0.05) is 6.20 Å². The quantitative estimate of drug-likeness (QED) is 0.446. The molecule has 1 saturated carbocycles. The zero-order valence-electron chi connectivity index (χ0n) is 18.0. The van der Waals surface area contributed by atoms with Crippen LogP contribution in [0.25, 0.3) is 0 Å². The van der Waals surface area contributed by atoms with Crippen molar-refractivity contribution in [2.75, 3.05) is 5.32 Å². The lowest BCUT2D eigenvalue weighted by Gasteiger charge is -2.39. The number of H-pyrrole nitrogens is 1. The van der Waals surface area contributed by atoms with Crippen molar-refractivity contribution in [2.45, 2.75) is 84.6 Å². The summed E-state index contributed by atoms with van der Waals surface area (Å²) in [5.74, 6) is 1.14. The van der Waals surface area contributed by atoms with E-state index in [9.17, 15) is 9.59 Å². The maximum absolute atomic E-state index is 13.2. The van der Waals surface area contributed by atoms with Crippen LogP contribution in [0.2, 0.25) is 0 Å². The summed E-state index contributed by atoms with van der Waals surface area (Å²) in [7, 11) is 0. The number of carbonyl (C=O) groups is 2. The van der Waals surface area contributed by atoms with Crippen LogP contribution in [0.5, 0.6) is 0 Å². The maximum atomic E-state index is 13.2. The van der Waals surface area contributed by atoms with E-state index >= 15 is 0 Å². The first-order valence-electron chi connectivity index (χ1n) is 10.5. The van der Waals surface area contributed by atoms with Crippen LogP contribution in [0.4, 0.5) is 5.82 Å². The van der Waals surface area contributed by atoms with Gasteiger partial charge in [-0.25, -0.2) is 4.79 Å². The summed E-state index contributed by atoms with van der Waals surface area (Å²) in [6.45, 7) is 12.3. The summed E-state index contributed by atoms with van der Waals surface area (Å²) in [5, 5.41) is 2.04. The molecule has 5 unspecified atom stereocenters. The zero-order chi connectivity index (χ0) is 21.0. The highest BCUT2D eigenvalue weighted by molar-refractivity contribution is 6.32. The Labute approximate surface area is 173 Å². The van der Waals surface area contributed by atoms with Gasteiger partial charge in [-0.15, -0.1) is 11.6 Å². The van der Waals surface area contributed by atoms with E-state index in [4.69, 9.17) is 16.3 Å². The zero-order valence-corrected chi connectivity index (χ0v) is 18.7. The van der Waals surface area contributed by atoms with Crippen molar-refractivity contribution in [3.63, 3.8) is 0 Å². The molecule has 0 radical (unpaired) electrons. The molecule has 28 heavy (non-hydrogen) atoms. The number of aromatic nitrogens is 1. The lowest BCUT2D eigenvalue weighted by Crippen LogP contribution is -2.39. The number of carbonyl (C=O) groups excluding carboxylic acids is 2. The summed E-state index contributed by atoms with van der Waals surface area (Å²) < 4.78 is 6.09. The van der Waals surface area contributed by atoms with E-state index in [1.54, 1.807) is 13.1 Å². The smallest absolute Gasteiger partial charge is 0.342 e. The van der Waals surface area contributed by atoms with E-state index < -0.39 is 5.38 Å². The minimum absolute atomic E-state index is 0.0888. The van der Waals surface area contributed by atoms with Gasteiger partial charge >= 0.3 is 5.97 Å². The van der Waals surface area contributed by atoms with Crippen molar-refractivity contribution in [1.82, 2.24) is 4.98 Å². The number of amides is 1. The molecule has 0 aliphatic heterocycles. The van der Waals surface area contributed by atoms with Gasteiger partial charge in [-0.05, 0) is 55.4 Å². The monoisotopic (exact) mass is 410 g/mol. The van der Waals surface area contributed by atoms with Crippen LogP contribution in [0.15, 0.2) is 6.20 Å². The first-order chi connectivity index (χ1) is 13.1. The number of esters is 1. The molecule has 0 bridgehead atoms. The second-order valence-corrected chi connectivity index (χ2v) is 9.38. The number of anilines is 1. The molecule has 1 aliphatic carbocycles. The number of alkyl halides is 1. The molecule has 1 fully saturated rings. The molecule has 1 heterocycles. The van der Waals surface area contributed by atoms with E-state index in [0.29, 0.717) is 29.1 Å². The van der Waals surface area contributed by atoms with E-state index in [2.05, 4.69) is 31.1 Å². The van der Waals surface area contributed by atoms with Crippen LogP contribution < -0.4 is 5.32 Å². The molecular formula is C22H35ClN2O3. The lowest BCUT2D eigenvalue weighted by molar-refractivity contribution is -0.115. The van der Waals surface area contributed by atoms with Gasteiger partial charge in [0.2, 0.25) is 5.91 Å². The Morgan fingerprint density at radius 3 is 2.54 bits per heavy atom. The third-order valence-electron chi connectivity index (χ3n) is 5.75. The highest BCUT2D eigenvalue weighted by Gasteiger charge is 2.37. The summed E-state index contributed by atoms with van der Waals surface area (Å²) in [6.07, 6.45) is 5.97. The van der Waals surface area contributed by atoms with Crippen LogP contribution in [0.3, 0.4) is 0 Å². The molecular weight excluding hydrogens is 376 g/mol. The molecule has 1 aromatic rings. The van der Waals surface area contributed by atoms with Crippen molar-refractivity contribution in [3.05, 3.63) is 17.3 Å². The minimum Gasteiger partial charge on any atom is -0.458 e. The van der Waals surface area contributed by atoms with Crippen LogP contribution in [0.1, 0.15) is 89.1 Å². The Hall–Kier alpha value is -1.49. The van der Waals surface area contributed by atoms with E-state index in [1.807, 2.05) is 13.8 Å². The predicted octanol–water partition coefficient (Wildman–Crippen LogP) is 5.71. The Morgan fingerprint density at radius 2 is 1.96 bits per heavy atom.